The molecule has 0 saturated carbocycles. The van der Waals surface area contributed by atoms with Gasteiger partial charge in [0.15, 0.2) is 5.17 Å². The van der Waals surface area contributed by atoms with Crippen LogP contribution in [0.1, 0.15) is 21.5 Å². The monoisotopic (exact) mass is 353 g/mol. The van der Waals surface area contributed by atoms with Crippen LogP contribution in [0, 0.1) is 6.92 Å². The Morgan fingerprint density at radius 1 is 1.24 bits per heavy atom. The first-order chi connectivity index (χ1) is 12.1. The molecule has 126 valence electrons. The molecule has 1 amide bonds. The van der Waals surface area contributed by atoms with Gasteiger partial charge in [-0.05, 0) is 48.9 Å². The molecule has 25 heavy (non-hydrogen) atoms. The summed E-state index contributed by atoms with van der Waals surface area (Å²) in [5.74, 6) is 0.354. The Kier molecular flexibility index (Phi) is 5.25. The number of amides is 1. The van der Waals surface area contributed by atoms with E-state index in [1.165, 1.54) is 11.8 Å². The van der Waals surface area contributed by atoms with Gasteiger partial charge >= 0.3 is 5.97 Å². The van der Waals surface area contributed by atoms with Crippen LogP contribution in [-0.2, 0) is 4.79 Å². The van der Waals surface area contributed by atoms with E-state index in [0.717, 1.165) is 11.1 Å². The van der Waals surface area contributed by atoms with E-state index in [1.54, 1.807) is 42.6 Å². The van der Waals surface area contributed by atoms with Crippen molar-refractivity contribution < 1.29 is 14.3 Å². The maximum absolute atomic E-state index is 12.1. The van der Waals surface area contributed by atoms with E-state index in [9.17, 15) is 9.59 Å². The highest BCUT2D eigenvalue weighted by molar-refractivity contribution is 8.15. The largest absolute Gasteiger partial charge is 0.423 e. The SMILES string of the molecule is Cc1cccc(C(=O)Oc2ccc(/C=N/N=C3/NC(=O)CS3)cc2)c1. The number of aryl methyl sites for hydroxylation is 1. The molecule has 0 unspecified atom stereocenters. The molecule has 2 aromatic carbocycles. The van der Waals surface area contributed by atoms with Crippen molar-refractivity contribution >= 4 is 35.0 Å². The van der Waals surface area contributed by atoms with Gasteiger partial charge in [-0.3, -0.25) is 4.79 Å². The van der Waals surface area contributed by atoms with E-state index < -0.39 is 5.97 Å². The second-order valence-electron chi connectivity index (χ2n) is 5.31. The number of thioether (sulfide) groups is 1. The normalized spacial score (nSPS) is 15.6. The molecule has 1 aliphatic rings. The van der Waals surface area contributed by atoms with Crippen molar-refractivity contribution in [2.24, 2.45) is 10.2 Å². The lowest BCUT2D eigenvalue weighted by molar-refractivity contribution is -0.116. The smallest absolute Gasteiger partial charge is 0.343 e. The van der Waals surface area contributed by atoms with Crippen LogP contribution >= 0.6 is 11.8 Å². The van der Waals surface area contributed by atoms with Crippen molar-refractivity contribution in [3.63, 3.8) is 0 Å². The summed E-state index contributed by atoms with van der Waals surface area (Å²) in [5, 5.41) is 10.9. The van der Waals surface area contributed by atoms with E-state index in [1.807, 2.05) is 19.1 Å². The first-order valence-electron chi connectivity index (χ1n) is 7.53. The number of nitrogens with zero attached hydrogens (tertiary/aromatic N) is 2. The van der Waals surface area contributed by atoms with Gasteiger partial charge in [-0.2, -0.15) is 5.10 Å². The molecule has 1 aliphatic heterocycles. The molecular weight excluding hydrogens is 338 g/mol. The molecular formula is C18H15N3O3S. The highest BCUT2D eigenvalue weighted by atomic mass is 32.2. The fraction of sp³-hybridized carbons (Fsp3) is 0.111. The zero-order chi connectivity index (χ0) is 17.6. The minimum atomic E-state index is -0.398. The molecule has 0 spiro atoms. The van der Waals surface area contributed by atoms with Crippen molar-refractivity contribution in [1.29, 1.82) is 0 Å². The lowest BCUT2D eigenvalue weighted by atomic mass is 10.1. The number of hydrogen-bond donors (Lipinski definition) is 1. The van der Waals surface area contributed by atoms with Gasteiger partial charge in [0.1, 0.15) is 5.75 Å². The maximum atomic E-state index is 12.1. The number of benzene rings is 2. The summed E-state index contributed by atoms with van der Waals surface area (Å²) in [5.41, 5.74) is 2.31. The van der Waals surface area contributed by atoms with Crippen molar-refractivity contribution in [2.75, 3.05) is 5.75 Å². The predicted molar refractivity (Wildman–Crippen MR) is 98.2 cm³/mol. The zero-order valence-electron chi connectivity index (χ0n) is 13.4. The van der Waals surface area contributed by atoms with E-state index in [-0.39, 0.29) is 5.91 Å². The highest BCUT2D eigenvalue weighted by Crippen LogP contribution is 2.14. The maximum Gasteiger partial charge on any atom is 0.343 e. The fourth-order valence-electron chi connectivity index (χ4n) is 2.09. The number of rotatable bonds is 4. The molecule has 0 radical (unpaired) electrons. The van der Waals surface area contributed by atoms with Crippen LogP contribution in [0.5, 0.6) is 5.75 Å². The number of esters is 1. The molecule has 0 aliphatic carbocycles. The molecule has 1 heterocycles. The van der Waals surface area contributed by atoms with Crippen LogP contribution in [-0.4, -0.2) is 29.0 Å². The van der Waals surface area contributed by atoms with Gasteiger partial charge in [0.25, 0.3) is 0 Å². The molecule has 0 bridgehead atoms. The molecule has 0 aromatic heterocycles. The first-order valence-corrected chi connectivity index (χ1v) is 8.51. The third-order valence-electron chi connectivity index (χ3n) is 3.29. The number of carbonyl (C=O) groups excluding carboxylic acids is 2. The van der Waals surface area contributed by atoms with Gasteiger partial charge in [0, 0.05) is 0 Å². The van der Waals surface area contributed by atoms with E-state index in [2.05, 4.69) is 15.5 Å². The van der Waals surface area contributed by atoms with Gasteiger partial charge in [-0.15, -0.1) is 5.10 Å². The Bertz CT molecular complexity index is 860. The second kappa shape index (κ2) is 7.76. The van der Waals surface area contributed by atoms with E-state index in [0.29, 0.717) is 22.2 Å². The van der Waals surface area contributed by atoms with Crippen molar-refractivity contribution in [3.8, 4) is 5.75 Å². The number of nitrogens with one attached hydrogen (secondary N) is 1. The minimum Gasteiger partial charge on any atom is -0.423 e. The Labute approximate surface area is 149 Å². The molecule has 2 aromatic rings. The molecule has 1 saturated heterocycles. The number of amidine groups is 1. The van der Waals surface area contributed by atoms with Crippen LogP contribution in [0.2, 0.25) is 0 Å². The topological polar surface area (TPSA) is 80.1 Å². The van der Waals surface area contributed by atoms with Crippen LogP contribution in [0.15, 0.2) is 58.7 Å². The summed E-state index contributed by atoms with van der Waals surface area (Å²) in [4.78, 5) is 23.1. The molecule has 6 nitrogen and oxygen atoms in total. The van der Waals surface area contributed by atoms with Crippen molar-refractivity contribution in [2.45, 2.75) is 6.92 Å². The third kappa shape index (κ3) is 4.77. The van der Waals surface area contributed by atoms with Crippen molar-refractivity contribution in [1.82, 2.24) is 5.32 Å². The summed E-state index contributed by atoms with van der Waals surface area (Å²) in [6.45, 7) is 1.92. The lowest BCUT2D eigenvalue weighted by Crippen LogP contribution is -2.19. The first kappa shape index (κ1) is 16.9. The Morgan fingerprint density at radius 2 is 2.04 bits per heavy atom. The number of ether oxygens (including phenoxy) is 1. The Morgan fingerprint density at radius 3 is 2.72 bits per heavy atom. The molecule has 3 rings (SSSR count). The third-order valence-corrected chi connectivity index (χ3v) is 4.15. The summed E-state index contributed by atoms with van der Waals surface area (Å²) < 4.78 is 5.35. The number of hydrogen-bond acceptors (Lipinski definition) is 6. The van der Waals surface area contributed by atoms with Gasteiger partial charge < -0.3 is 10.1 Å². The Balaban J connectivity index is 1.60. The summed E-state index contributed by atoms with van der Waals surface area (Å²) >= 11 is 1.31. The molecule has 7 heteroatoms. The van der Waals surface area contributed by atoms with Crippen molar-refractivity contribution in [3.05, 3.63) is 65.2 Å². The summed E-state index contributed by atoms with van der Waals surface area (Å²) in [6.07, 6.45) is 1.56. The fourth-order valence-corrected chi connectivity index (χ4v) is 2.72. The second-order valence-corrected chi connectivity index (χ2v) is 6.28. The van der Waals surface area contributed by atoms with E-state index in [4.69, 9.17) is 4.74 Å². The van der Waals surface area contributed by atoms with Gasteiger partial charge in [-0.25, -0.2) is 4.79 Å². The summed E-state index contributed by atoms with van der Waals surface area (Å²) in [6, 6.07) is 14.1. The standard InChI is InChI=1S/C18H15N3O3S/c1-12-3-2-4-14(9-12)17(23)24-15-7-5-13(6-8-15)10-19-21-18-20-16(22)11-25-18/h2-10H,11H2,1H3,(H,20,21,22)/b19-10+. The van der Waals surface area contributed by atoms with Gasteiger partial charge in [0.05, 0.1) is 17.5 Å². The highest BCUT2D eigenvalue weighted by Gasteiger charge is 2.15. The average Bonchev–Trinajstić information content (AvgIpc) is 3.02. The average molecular weight is 353 g/mol. The van der Waals surface area contributed by atoms with Crippen LogP contribution in [0.3, 0.4) is 0 Å². The van der Waals surface area contributed by atoms with Gasteiger partial charge in [-0.1, -0.05) is 29.5 Å². The quantitative estimate of drug-likeness (QED) is 0.397. The van der Waals surface area contributed by atoms with E-state index >= 15 is 0 Å². The predicted octanol–water partition coefficient (Wildman–Crippen LogP) is 2.77. The summed E-state index contributed by atoms with van der Waals surface area (Å²) in [7, 11) is 0. The minimum absolute atomic E-state index is 0.0706. The number of carbonyl (C=O) groups is 2. The van der Waals surface area contributed by atoms with Crippen LogP contribution in [0.4, 0.5) is 0 Å². The molecule has 0 atom stereocenters. The van der Waals surface area contributed by atoms with Crippen LogP contribution < -0.4 is 10.1 Å². The van der Waals surface area contributed by atoms with Gasteiger partial charge in [0.2, 0.25) is 5.91 Å². The lowest BCUT2D eigenvalue weighted by Gasteiger charge is -2.05. The molecule has 1 N–H and O–H groups in total. The zero-order valence-corrected chi connectivity index (χ0v) is 14.2. The van der Waals surface area contributed by atoms with Crippen LogP contribution in [0.25, 0.3) is 0 Å². The Hall–Kier alpha value is -2.93. The molecule has 1 fully saturated rings.